The van der Waals surface area contributed by atoms with E-state index in [1.807, 2.05) is 13.8 Å². The first-order valence-electron chi connectivity index (χ1n) is 8.84. The Morgan fingerprint density at radius 3 is 2.37 bits per heavy atom. The molecule has 3 aromatic rings. The summed E-state index contributed by atoms with van der Waals surface area (Å²) in [7, 11) is -4.30. The molecular formula is C19H16F3N3O4S. The highest BCUT2D eigenvalue weighted by Crippen LogP contribution is 2.69. The quantitative estimate of drug-likeness (QED) is 0.604. The Bertz CT molecular complexity index is 1200. The topological polar surface area (TPSA) is 106 Å². The van der Waals surface area contributed by atoms with Crippen LogP contribution in [0.2, 0.25) is 0 Å². The zero-order valence-corrected chi connectivity index (χ0v) is 16.6. The number of aromatic nitrogens is 3. The monoisotopic (exact) mass is 439 g/mol. The van der Waals surface area contributed by atoms with Crippen LogP contribution in [0.15, 0.2) is 52.0 Å². The molecule has 1 fully saturated rings. The van der Waals surface area contributed by atoms with Crippen molar-refractivity contribution in [3.8, 4) is 11.5 Å². The highest BCUT2D eigenvalue weighted by molar-refractivity contribution is 7.85. The van der Waals surface area contributed by atoms with Crippen molar-refractivity contribution in [2.45, 2.75) is 36.8 Å². The lowest BCUT2D eigenvalue weighted by molar-refractivity contribution is -0.140. The van der Waals surface area contributed by atoms with Crippen LogP contribution in [-0.2, 0) is 16.3 Å². The van der Waals surface area contributed by atoms with Crippen molar-refractivity contribution in [3.63, 3.8) is 0 Å². The van der Waals surface area contributed by atoms with Gasteiger partial charge in [-0.3, -0.25) is 9.54 Å². The first kappa shape index (κ1) is 20.5. The molecule has 0 bridgehead atoms. The largest absolute Gasteiger partial charge is 0.434 e. The fourth-order valence-electron chi connectivity index (χ4n) is 3.86. The molecule has 1 aliphatic rings. The molecule has 0 radical (unpaired) electrons. The third kappa shape index (κ3) is 3.47. The van der Waals surface area contributed by atoms with Gasteiger partial charge in [-0.15, -0.1) is 0 Å². The lowest BCUT2D eigenvalue weighted by atomic mass is 10.0. The van der Waals surface area contributed by atoms with E-state index < -0.39 is 22.0 Å². The van der Waals surface area contributed by atoms with Crippen LogP contribution in [0.25, 0.3) is 11.5 Å². The number of rotatable bonds is 4. The van der Waals surface area contributed by atoms with Gasteiger partial charge >= 0.3 is 6.18 Å². The van der Waals surface area contributed by atoms with E-state index >= 15 is 0 Å². The maximum Gasteiger partial charge on any atom is 0.434 e. The zero-order chi connectivity index (χ0) is 21.9. The lowest BCUT2D eigenvalue weighted by Crippen LogP contribution is -2.09. The van der Waals surface area contributed by atoms with Gasteiger partial charge in [0.15, 0.2) is 11.5 Å². The minimum Gasteiger partial charge on any atom is -0.334 e. The Balaban J connectivity index is 1.65. The SMILES string of the molecule is CC1(C)[C@@H](c2ccc(S(=O)(=O)O)cc2)[C@@H]1c1noc(-c2cccnc2C(F)(F)F)n1. The van der Waals surface area contributed by atoms with Gasteiger partial charge in [0.1, 0.15) is 0 Å². The minimum absolute atomic E-state index is 0.102. The summed E-state index contributed by atoms with van der Waals surface area (Å²) >= 11 is 0. The van der Waals surface area contributed by atoms with Gasteiger partial charge < -0.3 is 4.52 Å². The molecule has 158 valence electrons. The van der Waals surface area contributed by atoms with Crippen molar-refractivity contribution in [1.82, 2.24) is 15.1 Å². The summed E-state index contributed by atoms with van der Waals surface area (Å²) in [6.07, 6.45) is -3.62. The molecule has 0 unspecified atom stereocenters. The summed E-state index contributed by atoms with van der Waals surface area (Å²) in [5.74, 6) is -0.351. The zero-order valence-electron chi connectivity index (χ0n) is 15.8. The Labute approximate surface area is 169 Å². The molecule has 1 saturated carbocycles. The van der Waals surface area contributed by atoms with Crippen LogP contribution in [0.1, 0.15) is 42.8 Å². The average molecular weight is 439 g/mol. The van der Waals surface area contributed by atoms with Gasteiger partial charge in [0, 0.05) is 18.0 Å². The maximum absolute atomic E-state index is 13.2. The van der Waals surface area contributed by atoms with Crippen LogP contribution in [0.3, 0.4) is 0 Å². The first-order chi connectivity index (χ1) is 13.9. The fourth-order valence-corrected chi connectivity index (χ4v) is 4.34. The van der Waals surface area contributed by atoms with Crippen LogP contribution in [0.4, 0.5) is 13.2 Å². The van der Waals surface area contributed by atoms with Gasteiger partial charge in [0.2, 0.25) is 0 Å². The molecule has 2 heterocycles. The molecule has 1 aliphatic carbocycles. The predicted octanol–water partition coefficient (Wildman–Crippen LogP) is 4.30. The highest BCUT2D eigenvalue weighted by Gasteiger charge is 2.61. The molecule has 1 aromatic carbocycles. The van der Waals surface area contributed by atoms with E-state index in [9.17, 15) is 21.6 Å². The van der Waals surface area contributed by atoms with E-state index in [1.54, 1.807) is 12.1 Å². The Morgan fingerprint density at radius 1 is 1.10 bits per heavy atom. The molecular weight excluding hydrogens is 423 g/mol. The fraction of sp³-hybridized carbons (Fsp3) is 0.316. The number of halogens is 3. The number of nitrogens with zero attached hydrogens (tertiary/aromatic N) is 3. The lowest BCUT2D eigenvalue weighted by Gasteiger charge is -2.07. The molecule has 7 nitrogen and oxygen atoms in total. The van der Waals surface area contributed by atoms with Crippen molar-refractivity contribution in [3.05, 3.63) is 59.7 Å². The molecule has 0 amide bonds. The molecule has 2 aromatic heterocycles. The Kier molecular flexibility index (Phi) is 4.51. The van der Waals surface area contributed by atoms with Gasteiger partial charge in [-0.2, -0.15) is 26.6 Å². The number of hydrogen-bond acceptors (Lipinski definition) is 6. The third-order valence-corrected chi connectivity index (χ3v) is 6.26. The smallest absolute Gasteiger partial charge is 0.334 e. The van der Waals surface area contributed by atoms with Crippen LogP contribution in [0.5, 0.6) is 0 Å². The second-order valence-electron chi connectivity index (χ2n) is 7.68. The molecule has 0 saturated heterocycles. The third-order valence-electron chi connectivity index (χ3n) is 5.39. The summed E-state index contributed by atoms with van der Waals surface area (Å²) in [6, 6.07) is 8.33. The van der Waals surface area contributed by atoms with Crippen LogP contribution >= 0.6 is 0 Å². The number of hydrogen-bond donors (Lipinski definition) is 1. The average Bonchev–Trinajstić information content (AvgIpc) is 3.01. The van der Waals surface area contributed by atoms with E-state index in [4.69, 9.17) is 9.08 Å². The molecule has 0 aliphatic heterocycles. The summed E-state index contributed by atoms with van der Waals surface area (Å²) in [5.41, 5.74) is -0.937. The van der Waals surface area contributed by atoms with Gasteiger partial charge in [-0.25, -0.2) is 0 Å². The van der Waals surface area contributed by atoms with Crippen molar-refractivity contribution in [2.24, 2.45) is 5.41 Å². The number of pyridine rings is 1. The van der Waals surface area contributed by atoms with Crippen LogP contribution in [0, 0.1) is 5.41 Å². The molecule has 4 rings (SSSR count). The van der Waals surface area contributed by atoms with Gasteiger partial charge in [0.05, 0.1) is 10.5 Å². The molecule has 1 N–H and O–H groups in total. The second-order valence-corrected chi connectivity index (χ2v) is 9.10. The number of benzene rings is 1. The first-order valence-corrected chi connectivity index (χ1v) is 10.3. The number of alkyl halides is 3. The van der Waals surface area contributed by atoms with Gasteiger partial charge in [-0.05, 0) is 35.2 Å². The standard InChI is InChI=1S/C19H16F3N3O4S/c1-18(2)13(10-5-7-11(8-6-10)30(26,27)28)14(18)16-24-17(29-25-16)12-4-3-9-23-15(12)19(20,21)22/h3-9,13-14H,1-2H3,(H,26,27,28)/t13-,14+/m0/s1. The van der Waals surface area contributed by atoms with E-state index in [2.05, 4.69) is 15.1 Å². The van der Waals surface area contributed by atoms with Crippen molar-refractivity contribution in [1.29, 1.82) is 0 Å². The molecule has 2 atom stereocenters. The van der Waals surface area contributed by atoms with E-state index in [1.165, 1.54) is 24.3 Å². The van der Waals surface area contributed by atoms with Crippen LogP contribution < -0.4 is 0 Å². The summed E-state index contributed by atoms with van der Waals surface area (Å²) < 4.78 is 76.3. The summed E-state index contributed by atoms with van der Waals surface area (Å²) in [5, 5.41) is 3.89. The Hall–Kier alpha value is -2.79. The van der Waals surface area contributed by atoms with Gasteiger partial charge in [-0.1, -0.05) is 31.1 Å². The van der Waals surface area contributed by atoms with Crippen molar-refractivity contribution in [2.75, 3.05) is 0 Å². The van der Waals surface area contributed by atoms with E-state index in [0.29, 0.717) is 0 Å². The second kappa shape index (κ2) is 6.61. The maximum atomic E-state index is 13.2. The minimum atomic E-state index is -4.67. The Morgan fingerprint density at radius 2 is 1.77 bits per heavy atom. The normalized spacial score (nSPS) is 20.9. The summed E-state index contributed by atoms with van der Waals surface area (Å²) in [6.45, 7) is 3.89. The molecule has 30 heavy (non-hydrogen) atoms. The summed E-state index contributed by atoms with van der Waals surface area (Å²) in [4.78, 5) is 7.36. The molecule has 11 heteroatoms. The highest BCUT2D eigenvalue weighted by atomic mass is 32.2. The van der Waals surface area contributed by atoms with Gasteiger partial charge in [0.25, 0.3) is 16.0 Å². The van der Waals surface area contributed by atoms with E-state index in [-0.39, 0.29) is 39.4 Å². The predicted molar refractivity (Wildman–Crippen MR) is 98.1 cm³/mol. The van der Waals surface area contributed by atoms with E-state index in [0.717, 1.165) is 11.8 Å². The van der Waals surface area contributed by atoms with Crippen molar-refractivity contribution >= 4 is 10.1 Å². The van der Waals surface area contributed by atoms with Crippen molar-refractivity contribution < 1.29 is 30.7 Å². The van der Waals surface area contributed by atoms with Crippen LogP contribution in [-0.4, -0.2) is 28.1 Å². The molecule has 0 spiro atoms.